The number of rotatable bonds is 7. The van der Waals surface area contributed by atoms with Crippen molar-refractivity contribution in [2.24, 2.45) is 5.41 Å². The van der Waals surface area contributed by atoms with Gasteiger partial charge in [-0.05, 0) is 11.1 Å². The van der Waals surface area contributed by atoms with Gasteiger partial charge in [0, 0.05) is 23.4 Å². The molecule has 24 heavy (non-hydrogen) atoms. The van der Waals surface area contributed by atoms with E-state index in [0.717, 1.165) is 0 Å². The molecule has 0 radical (unpaired) electrons. The molecule has 1 aliphatic carbocycles. The van der Waals surface area contributed by atoms with Gasteiger partial charge in [0.25, 0.3) is 0 Å². The minimum Gasteiger partial charge on any atom is -0.346 e. The van der Waals surface area contributed by atoms with Crippen LogP contribution in [0.1, 0.15) is 24.0 Å². The van der Waals surface area contributed by atoms with E-state index in [0.29, 0.717) is 12.0 Å². The highest BCUT2D eigenvalue weighted by Crippen LogP contribution is 2.34. The highest BCUT2D eigenvalue weighted by Gasteiger charge is 2.20. The zero-order valence-corrected chi connectivity index (χ0v) is 16.2. The molecule has 0 aliphatic heterocycles. The van der Waals surface area contributed by atoms with Crippen LogP contribution >= 0.6 is 27.9 Å². The van der Waals surface area contributed by atoms with E-state index in [1.54, 1.807) is 13.0 Å². The first-order chi connectivity index (χ1) is 11.3. The Morgan fingerprint density at radius 3 is 2.58 bits per heavy atom. The van der Waals surface area contributed by atoms with E-state index in [2.05, 4.69) is 11.1 Å². The van der Waals surface area contributed by atoms with Crippen molar-refractivity contribution >= 4 is 34.0 Å². The van der Waals surface area contributed by atoms with E-state index >= 15 is 0 Å². The van der Waals surface area contributed by atoms with Crippen LogP contribution in [0.5, 0.6) is 0 Å². The first-order valence-electron chi connectivity index (χ1n) is 7.35. The predicted molar refractivity (Wildman–Crippen MR) is 101 cm³/mol. The van der Waals surface area contributed by atoms with Gasteiger partial charge in [0.15, 0.2) is 8.03 Å². The van der Waals surface area contributed by atoms with Crippen LogP contribution in [0.25, 0.3) is 6.08 Å². The van der Waals surface area contributed by atoms with Crippen LogP contribution < -0.4 is 0 Å². The van der Waals surface area contributed by atoms with Crippen molar-refractivity contribution in [3.8, 4) is 0 Å². The molecule has 1 aliphatic rings. The van der Waals surface area contributed by atoms with Crippen LogP contribution in [0.2, 0.25) is 0 Å². The van der Waals surface area contributed by atoms with Crippen molar-refractivity contribution in [3.05, 3.63) is 54.1 Å². The largest absolute Gasteiger partial charge is 0.346 e. The molecule has 4 unspecified atom stereocenters. The third kappa shape index (κ3) is 7.06. The van der Waals surface area contributed by atoms with Crippen molar-refractivity contribution < 1.29 is 23.4 Å². The van der Waals surface area contributed by atoms with Crippen LogP contribution in [-0.2, 0) is 13.7 Å². The fourth-order valence-electron chi connectivity index (χ4n) is 2.07. The predicted octanol–water partition coefficient (Wildman–Crippen LogP) is 4.08. The second-order valence-corrected chi connectivity index (χ2v) is 8.02. The number of hydrogen-bond acceptors (Lipinski definition) is 3. The van der Waals surface area contributed by atoms with Gasteiger partial charge in [-0.2, -0.15) is 0 Å². The maximum absolute atomic E-state index is 10.7. The minimum atomic E-state index is -2.84. The first-order valence-corrected chi connectivity index (χ1v) is 10.7. The summed E-state index contributed by atoms with van der Waals surface area (Å²) in [4.78, 5) is 17.2. The lowest BCUT2D eigenvalue weighted by molar-refractivity contribution is 0.210. The molecule has 0 amide bonds. The molecule has 0 saturated heterocycles. The number of allylic oxidation sites excluding steroid dienone is 1. The summed E-state index contributed by atoms with van der Waals surface area (Å²) < 4.78 is 25.4. The molecule has 8 heteroatoms. The molecule has 4 atom stereocenters. The van der Waals surface area contributed by atoms with Gasteiger partial charge >= 0.3 is 8.25 Å². The third-order valence-electron chi connectivity index (χ3n) is 3.62. The van der Waals surface area contributed by atoms with Crippen LogP contribution in [0.4, 0.5) is 0 Å². The van der Waals surface area contributed by atoms with Crippen LogP contribution in [0.15, 0.2) is 43.0 Å². The van der Waals surface area contributed by atoms with Gasteiger partial charge in [-0.25, -0.2) is 0 Å². The van der Waals surface area contributed by atoms with E-state index in [-0.39, 0.29) is 12.5 Å². The SMILES string of the molecule is C=CC(C)(CCl)CO[PH](=O)O.O=[PH](O)CC1C=Cc2ccccc21. The monoisotopic (exact) mass is 392 g/mol. The second kappa shape index (κ2) is 10.4. The van der Waals surface area contributed by atoms with Gasteiger partial charge in [-0.15, -0.1) is 18.2 Å². The summed E-state index contributed by atoms with van der Waals surface area (Å²) in [5, 5.41) is 0. The number of fused-ring (bicyclic) bond motifs is 1. The average molecular weight is 393 g/mol. The van der Waals surface area contributed by atoms with Crippen LogP contribution in [0, 0.1) is 5.41 Å². The van der Waals surface area contributed by atoms with E-state index in [1.165, 1.54) is 11.1 Å². The Balaban J connectivity index is 0.000000245. The highest BCUT2D eigenvalue weighted by molar-refractivity contribution is 7.38. The molecule has 1 aromatic carbocycles. The van der Waals surface area contributed by atoms with Gasteiger partial charge in [0.2, 0.25) is 0 Å². The first kappa shape index (κ1) is 21.4. The van der Waals surface area contributed by atoms with E-state index in [9.17, 15) is 9.13 Å². The molecule has 0 bridgehead atoms. The third-order valence-corrected chi connectivity index (χ3v) is 5.41. The Bertz CT molecular complexity index is 635. The lowest BCUT2D eigenvalue weighted by Gasteiger charge is -2.20. The Kier molecular flexibility index (Phi) is 9.22. The van der Waals surface area contributed by atoms with E-state index in [4.69, 9.17) is 21.4 Å². The maximum atomic E-state index is 10.7. The summed E-state index contributed by atoms with van der Waals surface area (Å²) in [6.45, 7) is 5.48. The Hall–Kier alpha value is -0.670. The number of halogens is 1. The lowest BCUT2D eigenvalue weighted by Crippen LogP contribution is -2.20. The molecule has 0 aromatic heterocycles. The molecular weight excluding hydrogens is 370 g/mol. The molecule has 2 N–H and O–H groups in total. The summed E-state index contributed by atoms with van der Waals surface area (Å²) >= 11 is 5.57. The minimum absolute atomic E-state index is 0.133. The average Bonchev–Trinajstić information content (AvgIpc) is 2.96. The highest BCUT2D eigenvalue weighted by atomic mass is 35.5. The zero-order chi connectivity index (χ0) is 18.2. The van der Waals surface area contributed by atoms with Gasteiger partial charge in [-0.1, -0.05) is 49.4 Å². The lowest BCUT2D eigenvalue weighted by atomic mass is 9.95. The smallest absolute Gasteiger partial charge is 0.316 e. The standard InChI is InChI=1S/C10H11O2P.C6H12ClO3P/c11-13(12)7-9-6-5-8-3-1-2-4-10(8)9;1-3-6(2,4-7)5-10-11(8)9/h1-6,9,13H,7H2,(H,11,12);3,11H,1,4-5H2,2H3,(H,8,9). The van der Waals surface area contributed by atoms with Crippen molar-refractivity contribution in [1.29, 1.82) is 0 Å². The summed E-state index contributed by atoms with van der Waals surface area (Å²) in [7, 11) is -5.20. The Morgan fingerprint density at radius 1 is 1.38 bits per heavy atom. The van der Waals surface area contributed by atoms with Gasteiger partial charge in [-0.3, -0.25) is 9.13 Å². The van der Waals surface area contributed by atoms with Crippen LogP contribution in [-0.4, -0.2) is 28.4 Å². The summed E-state index contributed by atoms with van der Waals surface area (Å²) in [5.74, 6) is 0.471. The quantitative estimate of drug-likeness (QED) is 0.415. The number of hydrogen-bond donors (Lipinski definition) is 2. The molecule has 1 aromatic rings. The fraction of sp³-hybridized carbons (Fsp3) is 0.375. The van der Waals surface area contributed by atoms with E-state index in [1.807, 2.05) is 36.4 Å². The van der Waals surface area contributed by atoms with Crippen molar-refractivity contribution in [3.63, 3.8) is 0 Å². The molecule has 0 saturated carbocycles. The van der Waals surface area contributed by atoms with Gasteiger partial charge < -0.3 is 14.3 Å². The number of alkyl halides is 1. The molecule has 2 rings (SSSR count). The van der Waals surface area contributed by atoms with Crippen LogP contribution in [0.3, 0.4) is 0 Å². The molecule has 0 heterocycles. The van der Waals surface area contributed by atoms with Crippen molar-refractivity contribution in [2.75, 3.05) is 18.6 Å². The normalized spacial score (nSPS) is 20.2. The molecule has 0 fully saturated rings. The molecule has 134 valence electrons. The topological polar surface area (TPSA) is 83.8 Å². The second-order valence-electron chi connectivity index (χ2n) is 5.74. The van der Waals surface area contributed by atoms with Crippen molar-refractivity contribution in [2.45, 2.75) is 12.8 Å². The summed E-state index contributed by atoms with van der Waals surface area (Å²) in [6.07, 6.45) is 6.01. The molecular formula is C16H23ClO5P2. The Labute approximate surface area is 148 Å². The molecule has 0 spiro atoms. The maximum Gasteiger partial charge on any atom is 0.316 e. The van der Waals surface area contributed by atoms with Gasteiger partial charge in [0.1, 0.15) is 0 Å². The Morgan fingerprint density at radius 2 is 2.04 bits per heavy atom. The fourth-order valence-corrected chi connectivity index (χ4v) is 3.44. The van der Waals surface area contributed by atoms with Gasteiger partial charge in [0.05, 0.1) is 6.61 Å². The summed E-state index contributed by atoms with van der Waals surface area (Å²) in [5.41, 5.74) is 1.94. The zero-order valence-electron chi connectivity index (χ0n) is 13.4. The van der Waals surface area contributed by atoms with E-state index < -0.39 is 21.7 Å². The van der Waals surface area contributed by atoms with Crippen molar-refractivity contribution in [1.82, 2.24) is 0 Å². The summed E-state index contributed by atoms with van der Waals surface area (Å²) in [6, 6.07) is 7.99. The molecule has 5 nitrogen and oxygen atoms in total. The number of benzene rings is 1.